The van der Waals surface area contributed by atoms with Crippen molar-refractivity contribution in [3.63, 3.8) is 0 Å². The number of sulfone groups is 1. The van der Waals surface area contributed by atoms with Gasteiger partial charge in [-0.3, -0.25) is 9.59 Å². The number of hydrogen-bond donors (Lipinski definition) is 2. The Balaban J connectivity index is 0.00000408. The molecule has 0 spiro atoms. The number of hydrogen-bond acceptors (Lipinski definition) is 6. The molecule has 186 valence electrons. The molecule has 1 aliphatic rings. The molecule has 1 atom stereocenters. The zero-order valence-electron chi connectivity index (χ0n) is 19.4. The molecular weight excluding hydrogens is 499 g/mol. The van der Waals surface area contributed by atoms with Crippen LogP contribution in [0.5, 0.6) is 0 Å². The Morgan fingerprint density at radius 2 is 1.88 bits per heavy atom. The second-order valence-electron chi connectivity index (χ2n) is 8.28. The van der Waals surface area contributed by atoms with Crippen molar-refractivity contribution in [1.82, 2.24) is 5.32 Å². The molecule has 2 amide bonds. The van der Waals surface area contributed by atoms with E-state index in [1.807, 2.05) is 6.92 Å². The van der Waals surface area contributed by atoms with Gasteiger partial charge in [0.25, 0.3) is 5.91 Å². The number of carbonyl (C=O) groups is 2. The SMILES string of the molecule is CCCCNC(=O)c1cc2c(cc1N(C)C)S(=O)(=O)C[C@H](N)C(=O)N2Cc1ccc(Cl)cc1.Cl. The van der Waals surface area contributed by atoms with E-state index < -0.39 is 27.5 Å². The van der Waals surface area contributed by atoms with E-state index in [4.69, 9.17) is 17.3 Å². The van der Waals surface area contributed by atoms with Gasteiger partial charge in [-0.15, -0.1) is 12.4 Å². The first-order valence-electron chi connectivity index (χ1n) is 10.7. The fourth-order valence-electron chi connectivity index (χ4n) is 3.70. The predicted molar refractivity (Wildman–Crippen MR) is 138 cm³/mol. The number of nitrogens with two attached hydrogens (primary N) is 1. The smallest absolute Gasteiger partial charge is 0.253 e. The lowest BCUT2D eigenvalue weighted by Crippen LogP contribution is -2.45. The first-order valence-corrected chi connectivity index (χ1v) is 12.8. The van der Waals surface area contributed by atoms with Crippen molar-refractivity contribution < 1.29 is 18.0 Å². The lowest BCUT2D eigenvalue weighted by molar-refractivity contribution is -0.119. The van der Waals surface area contributed by atoms with Crippen molar-refractivity contribution in [1.29, 1.82) is 0 Å². The summed E-state index contributed by atoms with van der Waals surface area (Å²) in [6, 6.07) is 8.62. The molecule has 1 heterocycles. The van der Waals surface area contributed by atoms with Crippen LogP contribution in [0.1, 0.15) is 35.7 Å². The minimum atomic E-state index is -3.88. The number of fused-ring (bicyclic) bond motifs is 1. The quantitative estimate of drug-likeness (QED) is 0.534. The van der Waals surface area contributed by atoms with Crippen LogP contribution < -0.4 is 20.9 Å². The molecule has 34 heavy (non-hydrogen) atoms. The highest BCUT2D eigenvalue weighted by atomic mass is 35.5. The summed E-state index contributed by atoms with van der Waals surface area (Å²) in [6.45, 7) is 2.61. The van der Waals surface area contributed by atoms with Crippen molar-refractivity contribution in [3.05, 3.63) is 52.5 Å². The van der Waals surface area contributed by atoms with E-state index in [9.17, 15) is 18.0 Å². The highest BCUT2D eigenvalue weighted by Crippen LogP contribution is 2.37. The molecule has 0 bridgehead atoms. The molecule has 0 unspecified atom stereocenters. The average molecular weight is 529 g/mol. The van der Waals surface area contributed by atoms with Crippen LogP contribution in [0.25, 0.3) is 0 Å². The van der Waals surface area contributed by atoms with Crippen LogP contribution in [-0.4, -0.2) is 52.7 Å². The fourth-order valence-corrected chi connectivity index (χ4v) is 5.40. The van der Waals surface area contributed by atoms with Crippen LogP contribution in [0, 0.1) is 0 Å². The Kier molecular flexibility index (Phi) is 9.36. The topological polar surface area (TPSA) is 113 Å². The average Bonchev–Trinajstić information content (AvgIpc) is 2.82. The molecule has 0 aromatic heterocycles. The Morgan fingerprint density at radius 1 is 1.24 bits per heavy atom. The van der Waals surface area contributed by atoms with Crippen LogP contribution in [0.4, 0.5) is 11.4 Å². The number of halogens is 2. The zero-order valence-corrected chi connectivity index (χ0v) is 21.8. The molecule has 1 aliphatic heterocycles. The van der Waals surface area contributed by atoms with Gasteiger partial charge in [-0.05, 0) is 36.2 Å². The monoisotopic (exact) mass is 528 g/mol. The molecule has 0 aliphatic carbocycles. The van der Waals surface area contributed by atoms with Gasteiger partial charge in [-0.25, -0.2) is 8.42 Å². The van der Waals surface area contributed by atoms with E-state index in [0.29, 0.717) is 17.3 Å². The third kappa shape index (κ3) is 6.02. The highest BCUT2D eigenvalue weighted by Gasteiger charge is 2.37. The summed E-state index contributed by atoms with van der Waals surface area (Å²) < 4.78 is 26.3. The van der Waals surface area contributed by atoms with Crippen molar-refractivity contribution in [3.8, 4) is 0 Å². The molecule has 3 rings (SSSR count). The van der Waals surface area contributed by atoms with Gasteiger partial charge in [0.15, 0.2) is 9.84 Å². The Labute approximate surface area is 211 Å². The van der Waals surface area contributed by atoms with Gasteiger partial charge in [0.2, 0.25) is 5.91 Å². The molecule has 0 saturated carbocycles. The number of nitrogens with zero attached hydrogens (tertiary/aromatic N) is 2. The van der Waals surface area contributed by atoms with Gasteiger partial charge in [0.05, 0.1) is 40.2 Å². The lowest BCUT2D eigenvalue weighted by Gasteiger charge is -2.26. The summed E-state index contributed by atoms with van der Waals surface area (Å²) in [6.07, 6.45) is 1.74. The van der Waals surface area contributed by atoms with Gasteiger partial charge in [0, 0.05) is 25.7 Å². The van der Waals surface area contributed by atoms with Gasteiger partial charge >= 0.3 is 0 Å². The van der Waals surface area contributed by atoms with Gasteiger partial charge in [0.1, 0.15) is 0 Å². The van der Waals surface area contributed by atoms with E-state index in [1.54, 1.807) is 43.3 Å². The second-order valence-corrected chi connectivity index (χ2v) is 10.7. The lowest BCUT2D eigenvalue weighted by atomic mass is 10.1. The standard InChI is InChI=1S/C23H29ClN4O4S.ClH/c1-4-5-10-26-22(29)17-11-20-21(12-19(17)27(2)3)33(31,32)14-18(25)23(30)28(20)13-15-6-8-16(24)9-7-15;/h6-9,11-12,18H,4-5,10,13-14,25H2,1-3H3,(H,26,29);1H/t18-;/m0./s1. The van der Waals surface area contributed by atoms with Crippen molar-refractivity contribution >= 4 is 57.0 Å². The molecule has 0 saturated heterocycles. The van der Waals surface area contributed by atoms with Crippen molar-refractivity contribution in [2.24, 2.45) is 5.73 Å². The number of rotatable bonds is 7. The third-order valence-electron chi connectivity index (χ3n) is 5.48. The third-order valence-corrected chi connectivity index (χ3v) is 7.53. The summed E-state index contributed by atoms with van der Waals surface area (Å²) in [4.78, 5) is 29.2. The molecule has 0 fully saturated rings. The minimum absolute atomic E-state index is 0. The van der Waals surface area contributed by atoms with Crippen LogP contribution in [0.2, 0.25) is 5.02 Å². The molecule has 8 nitrogen and oxygen atoms in total. The second kappa shape index (κ2) is 11.4. The highest BCUT2D eigenvalue weighted by molar-refractivity contribution is 7.91. The van der Waals surface area contributed by atoms with Crippen LogP contribution in [-0.2, 0) is 21.2 Å². The van der Waals surface area contributed by atoms with E-state index in [1.165, 1.54) is 17.0 Å². The van der Waals surface area contributed by atoms with Crippen LogP contribution in [0.15, 0.2) is 41.3 Å². The first-order chi connectivity index (χ1) is 15.5. The number of amides is 2. The maximum absolute atomic E-state index is 13.2. The zero-order chi connectivity index (χ0) is 24.3. The van der Waals surface area contributed by atoms with Gasteiger partial charge < -0.3 is 20.9 Å². The minimum Gasteiger partial charge on any atom is -0.377 e. The molecule has 0 radical (unpaired) electrons. The number of nitrogens with one attached hydrogen (secondary N) is 1. The normalized spacial score (nSPS) is 16.8. The van der Waals surface area contributed by atoms with Crippen molar-refractivity contribution in [2.75, 3.05) is 36.2 Å². The molecule has 11 heteroatoms. The predicted octanol–water partition coefficient (Wildman–Crippen LogP) is 3.01. The number of anilines is 2. The Hall–Kier alpha value is -2.33. The molecule has 2 aromatic carbocycles. The number of unbranched alkanes of at least 4 members (excludes halogenated alkanes) is 1. The maximum Gasteiger partial charge on any atom is 0.253 e. The van der Waals surface area contributed by atoms with E-state index >= 15 is 0 Å². The largest absolute Gasteiger partial charge is 0.377 e. The van der Waals surface area contributed by atoms with Crippen molar-refractivity contribution in [2.45, 2.75) is 37.2 Å². The Morgan fingerprint density at radius 3 is 2.47 bits per heavy atom. The molecule has 2 aromatic rings. The Bertz CT molecular complexity index is 1150. The van der Waals surface area contributed by atoms with Crippen LogP contribution in [0.3, 0.4) is 0 Å². The van der Waals surface area contributed by atoms with E-state index in [-0.39, 0.29) is 41.0 Å². The summed E-state index contributed by atoms with van der Waals surface area (Å²) in [5, 5.41) is 3.41. The summed E-state index contributed by atoms with van der Waals surface area (Å²) in [5.74, 6) is -1.37. The van der Waals surface area contributed by atoms with Gasteiger partial charge in [-0.2, -0.15) is 0 Å². The summed E-state index contributed by atoms with van der Waals surface area (Å²) in [7, 11) is -0.414. The maximum atomic E-state index is 13.2. The van der Waals surface area contributed by atoms with Crippen LogP contribution >= 0.6 is 24.0 Å². The van der Waals surface area contributed by atoms with Gasteiger partial charge in [-0.1, -0.05) is 37.1 Å². The molecule has 3 N–H and O–H groups in total. The summed E-state index contributed by atoms with van der Waals surface area (Å²) in [5.41, 5.74) is 7.62. The van der Waals surface area contributed by atoms with E-state index in [2.05, 4.69) is 5.32 Å². The van der Waals surface area contributed by atoms with E-state index in [0.717, 1.165) is 18.4 Å². The number of carbonyl (C=O) groups excluding carboxylic acids is 2. The fraction of sp³-hybridized carbons (Fsp3) is 0.391. The first kappa shape index (κ1) is 27.9. The molecular formula is C23H30Cl2N4O4S. The number of benzene rings is 2. The summed E-state index contributed by atoms with van der Waals surface area (Å²) >= 11 is 5.98.